The molecule has 2 amide bonds. The Morgan fingerprint density at radius 3 is 2.78 bits per heavy atom. The molecule has 1 aromatic carbocycles. The molecule has 1 heterocycles. The minimum atomic E-state index is -0.0452. The molecule has 2 aromatic rings. The van der Waals surface area contributed by atoms with Crippen molar-refractivity contribution in [1.82, 2.24) is 20.0 Å². The average molecular weight is 314 g/mol. The highest BCUT2D eigenvalue weighted by atomic mass is 16.2. The molecule has 1 N–H and O–H groups in total. The van der Waals surface area contributed by atoms with E-state index in [4.69, 9.17) is 0 Å². The zero-order valence-corrected chi connectivity index (χ0v) is 14.4. The molecule has 0 aliphatic carbocycles. The summed E-state index contributed by atoms with van der Waals surface area (Å²) in [6.07, 6.45) is 4.58. The first-order chi connectivity index (χ1) is 11.0. The fraction of sp³-hybridized carbons (Fsp3) is 0.444. The molecule has 0 spiro atoms. The molecular weight excluding hydrogens is 288 g/mol. The first-order valence-electron chi connectivity index (χ1n) is 8.03. The van der Waals surface area contributed by atoms with E-state index in [1.807, 2.05) is 30.9 Å². The van der Waals surface area contributed by atoms with Crippen molar-refractivity contribution in [2.75, 3.05) is 13.6 Å². The first kappa shape index (κ1) is 17.1. The van der Waals surface area contributed by atoms with E-state index >= 15 is 0 Å². The van der Waals surface area contributed by atoms with Crippen LogP contribution in [-0.4, -0.2) is 34.3 Å². The summed E-state index contributed by atoms with van der Waals surface area (Å²) in [5.41, 5.74) is 3.64. The van der Waals surface area contributed by atoms with Gasteiger partial charge in [-0.05, 0) is 49.9 Å². The van der Waals surface area contributed by atoms with E-state index in [9.17, 15) is 4.79 Å². The van der Waals surface area contributed by atoms with Gasteiger partial charge in [-0.2, -0.15) is 5.10 Å². The van der Waals surface area contributed by atoms with Crippen molar-refractivity contribution >= 4 is 6.03 Å². The number of carbonyl (C=O) groups excluding carboxylic acids is 1. The van der Waals surface area contributed by atoms with Crippen LogP contribution in [0.4, 0.5) is 4.79 Å². The zero-order chi connectivity index (χ0) is 16.8. The Balaban J connectivity index is 1.81. The molecule has 0 fully saturated rings. The van der Waals surface area contributed by atoms with Crippen LogP contribution in [0.15, 0.2) is 36.7 Å². The quantitative estimate of drug-likeness (QED) is 0.889. The maximum atomic E-state index is 12.3. The highest BCUT2D eigenvalue weighted by molar-refractivity contribution is 5.74. The van der Waals surface area contributed by atoms with Crippen LogP contribution in [-0.2, 0) is 6.54 Å². The normalized spacial score (nSPS) is 12.0. The lowest BCUT2D eigenvalue weighted by Crippen LogP contribution is -2.39. The molecule has 0 saturated carbocycles. The monoisotopic (exact) mass is 314 g/mol. The van der Waals surface area contributed by atoms with Crippen molar-refractivity contribution in [3.63, 3.8) is 0 Å². The predicted molar refractivity (Wildman–Crippen MR) is 92.3 cm³/mol. The number of nitrogens with zero attached hydrogens (tertiary/aromatic N) is 3. The number of hydrogen-bond donors (Lipinski definition) is 1. The van der Waals surface area contributed by atoms with Gasteiger partial charge in [0.15, 0.2) is 0 Å². The fourth-order valence-corrected chi connectivity index (χ4v) is 2.42. The van der Waals surface area contributed by atoms with Gasteiger partial charge in [0, 0.05) is 32.5 Å². The lowest BCUT2D eigenvalue weighted by Gasteiger charge is -2.22. The third-order valence-electron chi connectivity index (χ3n) is 4.16. The summed E-state index contributed by atoms with van der Waals surface area (Å²) < 4.78 is 1.88. The second kappa shape index (κ2) is 7.81. The van der Waals surface area contributed by atoms with Gasteiger partial charge in [-0.25, -0.2) is 4.79 Å². The zero-order valence-electron chi connectivity index (χ0n) is 14.4. The van der Waals surface area contributed by atoms with Crippen molar-refractivity contribution in [3.05, 3.63) is 53.3 Å². The van der Waals surface area contributed by atoms with Gasteiger partial charge < -0.3 is 10.2 Å². The number of urea groups is 1. The molecule has 2 rings (SSSR count). The number of nitrogens with one attached hydrogen (secondary N) is 1. The van der Waals surface area contributed by atoms with Crippen LogP contribution >= 0.6 is 0 Å². The van der Waals surface area contributed by atoms with Crippen LogP contribution in [0.1, 0.15) is 36.1 Å². The molecule has 23 heavy (non-hydrogen) atoms. The molecule has 0 unspecified atom stereocenters. The minimum Gasteiger partial charge on any atom is -0.331 e. The van der Waals surface area contributed by atoms with Gasteiger partial charge in [-0.15, -0.1) is 0 Å². The van der Waals surface area contributed by atoms with Crippen molar-refractivity contribution < 1.29 is 4.79 Å². The summed E-state index contributed by atoms with van der Waals surface area (Å²) in [6.45, 7) is 7.72. The van der Waals surface area contributed by atoms with Crippen molar-refractivity contribution in [2.24, 2.45) is 0 Å². The average Bonchev–Trinajstić information content (AvgIpc) is 3.03. The van der Waals surface area contributed by atoms with E-state index in [0.29, 0.717) is 6.54 Å². The maximum absolute atomic E-state index is 12.3. The van der Waals surface area contributed by atoms with Crippen molar-refractivity contribution in [2.45, 2.75) is 39.8 Å². The van der Waals surface area contributed by atoms with Crippen molar-refractivity contribution in [3.8, 4) is 0 Å². The number of carbonyl (C=O) groups is 1. The van der Waals surface area contributed by atoms with Gasteiger partial charge in [-0.1, -0.05) is 18.2 Å². The van der Waals surface area contributed by atoms with Gasteiger partial charge in [0.2, 0.25) is 0 Å². The van der Waals surface area contributed by atoms with Crippen LogP contribution < -0.4 is 5.32 Å². The minimum absolute atomic E-state index is 0.00429. The Kier molecular flexibility index (Phi) is 5.79. The predicted octanol–water partition coefficient (Wildman–Crippen LogP) is 3.29. The molecule has 1 atom stereocenters. The lowest BCUT2D eigenvalue weighted by molar-refractivity contribution is 0.204. The van der Waals surface area contributed by atoms with E-state index in [-0.39, 0.29) is 12.1 Å². The fourth-order valence-electron chi connectivity index (χ4n) is 2.42. The molecule has 1 aromatic heterocycles. The molecule has 0 saturated heterocycles. The molecule has 124 valence electrons. The van der Waals surface area contributed by atoms with E-state index in [0.717, 1.165) is 18.5 Å². The summed E-state index contributed by atoms with van der Waals surface area (Å²) in [4.78, 5) is 14.0. The van der Waals surface area contributed by atoms with Gasteiger partial charge in [0.25, 0.3) is 0 Å². The van der Waals surface area contributed by atoms with E-state index in [2.05, 4.69) is 42.5 Å². The van der Waals surface area contributed by atoms with E-state index in [1.165, 1.54) is 11.1 Å². The van der Waals surface area contributed by atoms with Gasteiger partial charge in [-0.3, -0.25) is 4.68 Å². The Labute approximate surface area is 138 Å². The Hall–Kier alpha value is -2.30. The molecule has 5 heteroatoms. The molecule has 0 radical (unpaired) electrons. The first-order valence-corrected chi connectivity index (χ1v) is 8.03. The van der Waals surface area contributed by atoms with Crippen LogP contribution in [0.3, 0.4) is 0 Å². The van der Waals surface area contributed by atoms with E-state index < -0.39 is 0 Å². The summed E-state index contributed by atoms with van der Waals surface area (Å²) >= 11 is 0. The highest BCUT2D eigenvalue weighted by Gasteiger charge is 2.13. The van der Waals surface area contributed by atoms with Gasteiger partial charge >= 0.3 is 6.03 Å². The van der Waals surface area contributed by atoms with Gasteiger partial charge in [0.05, 0.1) is 6.04 Å². The van der Waals surface area contributed by atoms with Crippen molar-refractivity contribution in [1.29, 1.82) is 0 Å². The van der Waals surface area contributed by atoms with Gasteiger partial charge in [0.1, 0.15) is 0 Å². The largest absolute Gasteiger partial charge is 0.331 e. The smallest absolute Gasteiger partial charge is 0.317 e. The third kappa shape index (κ3) is 4.84. The number of hydrogen-bond acceptors (Lipinski definition) is 2. The van der Waals surface area contributed by atoms with Crippen LogP contribution in [0.25, 0.3) is 0 Å². The molecule has 0 aliphatic rings. The topological polar surface area (TPSA) is 50.2 Å². The molecule has 0 bridgehead atoms. The number of aryl methyl sites for hydroxylation is 3. The van der Waals surface area contributed by atoms with Crippen LogP contribution in [0.5, 0.6) is 0 Å². The Morgan fingerprint density at radius 2 is 2.13 bits per heavy atom. The number of aromatic nitrogens is 2. The second-order valence-corrected chi connectivity index (χ2v) is 6.06. The SMILES string of the molecule is Cc1ccc([C@H](C)NC(=O)N(C)CCCn2cccn2)cc1C. The van der Waals surface area contributed by atoms with Crippen LogP contribution in [0.2, 0.25) is 0 Å². The molecule has 5 nitrogen and oxygen atoms in total. The summed E-state index contributed by atoms with van der Waals surface area (Å²) in [5.74, 6) is 0. The number of rotatable bonds is 6. The Bertz CT molecular complexity index is 636. The summed E-state index contributed by atoms with van der Waals surface area (Å²) in [5, 5.41) is 7.21. The highest BCUT2D eigenvalue weighted by Crippen LogP contribution is 2.16. The Morgan fingerprint density at radius 1 is 1.35 bits per heavy atom. The third-order valence-corrected chi connectivity index (χ3v) is 4.16. The maximum Gasteiger partial charge on any atom is 0.317 e. The van der Waals surface area contributed by atoms with Crippen LogP contribution in [0, 0.1) is 13.8 Å². The van der Waals surface area contributed by atoms with E-state index in [1.54, 1.807) is 11.1 Å². The second-order valence-electron chi connectivity index (χ2n) is 6.06. The molecule has 0 aliphatic heterocycles. The summed E-state index contributed by atoms with van der Waals surface area (Å²) in [7, 11) is 1.82. The summed E-state index contributed by atoms with van der Waals surface area (Å²) in [6, 6.07) is 8.16. The standard InChI is InChI=1S/C18H26N4O/c1-14-7-8-17(13-15(14)2)16(3)20-18(23)21(4)10-6-12-22-11-5-9-19-22/h5,7-9,11,13,16H,6,10,12H2,1-4H3,(H,20,23)/t16-/m0/s1. The number of benzene rings is 1. The molecular formula is C18H26N4O. The lowest BCUT2D eigenvalue weighted by atomic mass is 10.0. The number of amides is 2.